The second kappa shape index (κ2) is 7.24. The minimum Gasteiger partial charge on any atom is -0.352 e. The molecule has 22 heavy (non-hydrogen) atoms. The van der Waals surface area contributed by atoms with Gasteiger partial charge < -0.3 is 5.32 Å². The van der Waals surface area contributed by atoms with E-state index in [1.54, 1.807) is 13.8 Å². The molecule has 1 aromatic rings. The summed E-state index contributed by atoms with van der Waals surface area (Å²) in [5.41, 5.74) is 0.616. The molecule has 0 bridgehead atoms. The highest BCUT2D eigenvalue weighted by molar-refractivity contribution is 7.89. The Bertz CT molecular complexity index is 599. The van der Waals surface area contributed by atoms with Gasteiger partial charge in [-0.15, -0.1) is 0 Å². The smallest absolute Gasteiger partial charge is 0.251 e. The lowest BCUT2D eigenvalue weighted by molar-refractivity contribution is 0.0949. The number of hydrogen-bond acceptors (Lipinski definition) is 3. The van der Waals surface area contributed by atoms with Gasteiger partial charge in [0.25, 0.3) is 5.91 Å². The van der Waals surface area contributed by atoms with E-state index < -0.39 is 10.0 Å². The molecule has 0 aliphatic heterocycles. The lowest BCUT2D eigenvalue weighted by Gasteiger charge is -2.18. The van der Waals surface area contributed by atoms with Gasteiger partial charge in [-0.05, 0) is 49.9 Å². The molecule has 0 fully saturated rings. The van der Waals surface area contributed by atoms with E-state index in [0.29, 0.717) is 12.1 Å². The first kappa shape index (κ1) is 18.6. The van der Waals surface area contributed by atoms with Crippen molar-refractivity contribution in [3.05, 3.63) is 29.8 Å². The van der Waals surface area contributed by atoms with Gasteiger partial charge in [-0.3, -0.25) is 4.79 Å². The van der Waals surface area contributed by atoms with Crippen LogP contribution in [-0.2, 0) is 10.0 Å². The summed E-state index contributed by atoms with van der Waals surface area (Å²) >= 11 is 0. The Morgan fingerprint density at radius 1 is 1.14 bits per heavy atom. The van der Waals surface area contributed by atoms with Gasteiger partial charge in [-0.2, -0.15) is 0 Å². The van der Waals surface area contributed by atoms with E-state index in [4.69, 9.17) is 0 Å². The van der Waals surface area contributed by atoms with Crippen molar-refractivity contribution in [3.63, 3.8) is 0 Å². The molecule has 0 atom stereocenters. The fraction of sp³-hybridized carbons (Fsp3) is 0.562. The Balaban J connectivity index is 2.70. The molecular formula is C16H26N2O3S. The van der Waals surface area contributed by atoms with Crippen LogP contribution >= 0.6 is 0 Å². The van der Waals surface area contributed by atoms with E-state index in [9.17, 15) is 13.2 Å². The molecule has 1 amide bonds. The van der Waals surface area contributed by atoms with Crippen LogP contribution in [0.3, 0.4) is 0 Å². The van der Waals surface area contributed by atoms with Crippen LogP contribution in [-0.4, -0.2) is 26.9 Å². The minimum atomic E-state index is -3.52. The summed E-state index contributed by atoms with van der Waals surface area (Å²) in [5.74, 6) is -0.190. The molecule has 0 radical (unpaired) electrons. The second-order valence-electron chi connectivity index (χ2n) is 6.87. The van der Waals surface area contributed by atoms with E-state index in [1.165, 1.54) is 24.3 Å². The third-order valence-electron chi connectivity index (χ3n) is 2.98. The third-order valence-corrected chi connectivity index (χ3v) is 4.65. The molecule has 6 heteroatoms. The average Bonchev–Trinajstić information content (AvgIpc) is 2.35. The minimum absolute atomic E-state index is 0.160. The van der Waals surface area contributed by atoms with E-state index in [-0.39, 0.29) is 22.3 Å². The summed E-state index contributed by atoms with van der Waals surface area (Å²) < 4.78 is 26.5. The van der Waals surface area contributed by atoms with Gasteiger partial charge in [0, 0.05) is 18.2 Å². The number of nitrogens with one attached hydrogen (secondary N) is 2. The Labute approximate surface area is 133 Å². The molecule has 1 aromatic carbocycles. The molecule has 0 spiro atoms. The van der Waals surface area contributed by atoms with E-state index in [2.05, 4.69) is 30.8 Å². The van der Waals surface area contributed by atoms with E-state index in [1.807, 2.05) is 0 Å². The average molecular weight is 326 g/mol. The molecule has 0 aliphatic carbocycles. The number of sulfonamides is 1. The maximum Gasteiger partial charge on any atom is 0.251 e. The number of carbonyl (C=O) groups is 1. The molecule has 0 saturated heterocycles. The third kappa shape index (κ3) is 6.15. The Morgan fingerprint density at radius 3 is 2.14 bits per heavy atom. The van der Waals surface area contributed by atoms with Gasteiger partial charge >= 0.3 is 0 Å². The van der Waals surface area contributed by atoms with Crippen LogP contribution in [0.25, 0.3) is 0 Å². The maximum atomic E-state index is 12.0. The highest BCUT2D eigenvalue weighted by Crippen LogP contribution is 2.17. The van der Waals surface area contributed by atoms with E-state index >= 15 is 0 Å². The molecule has 0 saturated carbocycles. The van der Waals surface area contributed by atoms with Crippen molar-refractivity contribution in [2.45, 2.75) is 52.0 Å². The number of hydrogen-bond donors (Lipinski definition) is 2. The molecule has 0 aliphatic rings. The van der Waals surface area contributed by atoms with Gasteiger partial charge in [0.05, 0.1) is 4.90 Å². The normalized spacial score (nSPS) is 12.5. The summed E-state index contributed by atoms with van der Waals surface area (Å²) in [6, 6.07) is 5.78. The van der Waals surface area contributed by atoms with Crippen LogP contribution in [0.4, 0.5) is 0 Å². The number of benzene rings is 1. The fourth-order valence-corrected chi connectivity index (χ4v) is 3.07. The summed E-state index contributed by atoms with van der Waals surface area (Å²) in [6.45, 7) is 10.4. The van der Waals surface area contributed by atoms with Crippen LogP contribution in [0, 0.1) is 5.41 Å². The molecule has 0 heterocycles. The standard InChI is InChI=1S/C16H26N2O3S/c1-12(2)18-22(20,21)14-8-6-13(7-9-14)15(19)17-11-10-16(3,4)5/h6-9,12,18H,10-11H2,1-5H3,(H,17,19). The first-order chi connectivity index (χ1) is 10.0. The van der Waals surface area contributed by atoms with Gasteiger partial charge in [0.15, 0.2) is 0 Å². The van der Waals surface area contributed by atoms with Crippen molar-refractivity contribution in [2.24, 2.45) is 5.41 Å². The molecule has 0 unspecified atom stereocenters. The number of carbonyl (C=O) groups excluding carboxylic acids is 1. The first-order valence-electron chi connectivity index (χ1n) is 7.42. The van der Waals surface area contributed by atoms with Crippen LogP contribution in [0.15, 0.2) is 29.2 Å². The van der Waals surface area contributed by atoms with Crippen molar-refractivity contribution >= 4 is 15.9 Å². The summed E-state index contributed by atoms with van der Waals surface area (Å²) in [7, 11) is -3.52. The fourth-order valence-electron chi connectivity index (χ4n) is 1.82. The van der Waals surface area contributed by atoms with Crippen LogP contribution in [0.1, 0.15) is 51.4 Å². The van der Waals surface area contributed by atoms with Crippen molar-refractivity contribution < 1.29 is 13.2 Å². The highest BCUT2D eigenvalue weighted by atomic mass is 32.2. The van der Waals surface area contributed by atoms with E-state index in [0.717, 1.165) is 6.42 Å². The van der Waals surface area contributed by atoms with Crippen molar-refractivity contribution in [2.75, 3.05) is 6.54 Å². The lowest BCUT2D eigenvalue weighted by Crippen LogP contribution is -2.30. The van der Waals surface area contributed by atoms with Crippen LogP contribution in [0.2, 0.25) is 0 Å². The summed E-state index contributed by atoms with van der Waals surface area (Å²) in [5, 5.41) is 2.84. The Morgan fingerprint density at radius 2 is 1.68 bits per heavy atom. The number of amides is 1. The molecule has 1 rings (SSSR count). The first-order valence-corrected chi connectivity index (χ1v) is 8.90. The molecule has 0 aromatic heterocycles. The Hall–Kier alpha value is -1.40. The predicted molar refractivity (Wildman–Crippen MR) is 88.3 cm³/mol. The van der Waals surface area contributed by atoms with Crippen molar-refractivity contribution in [1.82, 2.24) is 10.0 Å². The molecular weight excluding hydrogens is 300 g/mol. The van der Waals surface area contributed by atoms with Crippen LogP contribution < -0.4 is 10.0 Å². The SMILES string of the molecule is CC(C)NS(=O)(=O)c1ccc(C(=O)NCCC(C)(C)C)cc1. The highest BCUT2D eigenvalue weighted by Gasteiger charge is 2.16. The zero-order valence-electron chi connectivity index (χ0n) is 13.9. The van der Waals surface area contributed by atoms with Crippen LogP contribution in [0.5, 0.6) is 0 Å². The monoisotopic (exact) mass is 326 g/mol. The summed E-state index contributed by atoms with van der Waals surface area (Å²) in [4.78, 5) is 12.2. The van der Waals surface area contributed by atoms with Gasteiger partial charge in [-0.1, -0.05) is 20.8 Å². The van der Waals surface area contributed by atoms with Crippen molar-refractivity contribution in [1.29, 1.82) is 0 Å². The van der Waals surface area contributed by atoms with Gasteiger partial charge in [-0.25, -0.2) is 13.1 Å². The largest absolute Gasteiger partial charge is 0.352 e. The zero-order valence-corrected chi connectivity index (χ0v) is 14.8. The second-order valence-corrected chi connectivity index (χ2v) is 8.58. The molecule has 124 valence electrons. The summed E-state index contributed by atoms with van der Waals surface area (Å²) in [6.07, 6.45) is 0.878. The predicted octanol–water partition coefficient (Wildman–Crippen LogP) is 2.54. The Kier molecular flexibility index (Phi) is 6.14. The topological polar surface area (TPSA) is 75.3 Å². The maximum absolute atomic E-state index is 12.0. The lowest BCUT2D eigenvalue weighted by atomic mass is 9.92. The number of rotatable bonds is 6. The van der Waals surface area contributed by atoms with Gasteiger partial charge in [0.1, 0.15) is 0 Å². The molecule has 5 nitrogen and oxygen atoms in total. The zero-order chi connectivity index (χ0) is 17.0. The molecule has 2 N–H and O–H groups in total. The van der Waals surface area contributed by atoms with Crippen molar-refractivity contribution in [3.8, 4) is 0 Å². The quantitative estimate of drug-likeness (QED) is 0.843. The van der Waals surface area contributed by atoms with Gasteiger partial charge in [0.2, 0.25) is 10.0 Å².